The molecule has 4 heteroatoms. The second-order valence-electron chi connectivity index (χ2n) is 5.52. The van der Waals surface area contributed by atoms with Crippen LogP contribution >= 0.6 is 0 Å². The fraction of sp³-hybridized carbons (Fsp3) is 0.438. The molecule has 0 amide bonds. The Morgan fingerprint density at radius 2 is 1.95 bits per heavy atom. The zero-order valence-corrected chi connectivity index (χ0v) is 13.2. The van der Waals surface area contributed by atoms with Crippen LogP contribution in [0.25, 0.3) is 0 Å². The molecule has 2 aromatic rings. The van der Waals surface area contributed by atoms with Crippen molar-refractivity contribution in [3.05, 3.63) is 41.2 Å². The van der Waals surface area contributed by atoms with Gasteiger partial charge in [0.25, 0.3) is 0 Å². The standard InChI is InChI=1S/C16H24N4/c1-11(16-12(2)18-20(6)13(16)3)17-14-8-7-9-15(10-14)19(4)5/h7-11,17H,1-6H3. The summed E-state index contributed by atoms with van der Waals surface area (Å²) < 4.78 is 1.94. The number of aryl methyl sites for hydroxylation is 2. The molecule has 0 aliphatic heterocycles. The summed E-state index contributed by atoms with van der Waals surface area (Å²) in [7, 11) is 6.10. The Balaban J connectivity index is 2.23. The number of anilines is 2. The average molecular weight is 272 g/mol. The second kappa shape index (κ2) is 5.57. The van der Waals surface area contributed by atoms with Crippen LogP contribution in [-0.2, 0) is 7.05 Å². The Morgan fingerprint density at radius 3 is 2.50 bits per heavy atom. The van der Waals surface area contributed by atoms with Crippen molar-refractivity contribution in [2.45, 2.75) is 26.8 Å². The molecule has 2 rings (SSSR count). The minimum Gasteiger partial charge on any atom is -0.378 e. The van der Waals surface area contributed by atoms with Gasteiger partial charge in [-0.1, -0.05) is 6.07 Å². The molecule has 0 saturated heterocycles. The predicted molar refractivity (Wildman–Crippen MR) is 85.5 cm³/mol. The highest BCUT2D eigenvalue weighted by Crippen LogP contribution is 2.26. The maximum Gasteiger partial charge on any atom is 0.0649 e. The number of hydrogen-bond donors (Lipinski definition) is 1. The van der Waals surface area contributed by atoms with Gasteiger partial charge in [-0.3, -0.25) is 4.68 Å². The summed E-state index contributed by atoms with van der Waals surface area (Å²) in [4.78, 5) is 2.11. The monoisotopic (exact) mass is 272 g/mol. The van der Waals surface area contributed by atoms with Gasteiger partial charge in [-0.15, -0.1) is 0 Å². The van der Waals surface area contributed by atoms with Gasteiger partial charge in [0.1, 0.15) is 0 Å². The molecule has 1 atom stereocenters. The number of aromatic nitrogens is 2. The van der Waals surface area contributed by atoms with E-state index in [4.69, 9.17) is 0 Å². The first kappa shape index (κ1) is 14.4. The summed E-state index contributed by atoms with van der Waals surface area (Å²) in [6.45, 7) is 6.36. The predicted octanol–water partition coefficient (Wildman–Crippen LogP) is 3.28. The topological polar surface area (TPSA) is 33.1 Å². The first-order valence-electron chi connectivity index (χ1n) is 6.94. The van der Waals surface area contributed by atoms with Crippen molar-refractivity contribution in [3.63, 3.8) is 0 Å². The van der Waals surface area contributed by atoms with Crippen molar-refractivity contribution in [1.29, 1.82) is 0 Å². The van der Waals surface area contributed by atoms with E-state index in [1.165, 1.54) is 16.9 Å². The van der Waals surface area contributed by atoms with Crippen LogP contribution in [-0.4, -0.2) is 23.9 Å². The van der Waals surface area contributed by atoms with Crippen LogP contribution in [0.1, 0.15) is 29.9 Å². The molecular weight excluding hydrogens is 248 g/mol. The van der Waals surface area contributed by atoms with Crippen molar-refractivity contribution >= 4 is 11.4 Å². The van der Waals surface area contributed by atoms with Crippen LogP contribution in [0, 0.1) is 13.8 Å². The molecule has 4 nitrogen and oxygen atoms in total. The van der Waals surface area contributed by atoms with E-state index in [1.54, 1.807) is 0 Å². The molecule has 1 heterocycles. The maximum absolute atomic E-state index is 4.49. The summed E-state index contributed by atoms with van der Waals surface area (Å²) in [5.74, 6) is 0. The van der Waals surface area contributed by atoms with Gasteiger partial charge < -0.3 is 10.2 Å². The first-order valence-corrected chi connectivity index (χ1v) is 6.94. The Labute approximate surface area is 121 Å². The molecule has 1 unspecified atom stereocenters. The van der Waals surface area contributed by atoms with Crippen molar-refractivity contribution in [3.8, 4) is 0 Å². The molecule has 0 bridgehead atoms. The zero-order valence-electron chi connectivity index (χ0n) is 13.2. The summed E-state index contributed by atoms with van der Waals surface area (Å²) >= 11 is 0. The van der Waals surface area contributed by atoms with Gasteiger partial charge in [0.2, 0.25) is 0 Å². The largest absolute Gasteiger partial charge is 0.378 e. The maximum atomic E-state index is 4.49. The van der Waals surface area contributed by atoms with Crippen molar-refractivity contribution in [2.75, 3.05) is 24.3 Å². The van der Waals surface area contributed by atoms with Gasteiger partial charge in [0.15, 0.2) is 0 Å². The van der Waals surface area contributed by atoms with Gasteiger partial charge in [0.05, 0.1) is 11.7 Å². The van der Waals surface area contributed by atoms with Crippen LogP contribution in [0.4, 0.5) is 11.4 Å². The summed E-state index contributed by atoms with van der Waals surface area (Å²) in [6.07, 6.45) is 0. The second-order valence-corrected chi connectivity index (χ2v) is 5.52. The van der Waals surface area contributed by atoms with E-state index in [-0.39, 0.29) is 6.04 Å². The lowest BCUT2D eigenvalue weighted by molar-refractivity contribution is 0.728. The number of hydrogen-bond acceptors (Lipinski definition) is 3. The molecule has 1 aromatic heterocycles. The molecule has 0 aliphatic rings. The molecule has 1 aromatic carbocycles. The van der Waals surface area contributed by atoms with Gasteiger partial charge >= 0.3 is 0 Å². The number of nitrogens with one attached hydrogen (secondary N) is 1. The van der Waals surface area contributed by atoms with E-state index >= 15 is 0 Å². The molecule has 20 heavy (non-hydrogen) atoms. The van der Waals surface area contributed by atoms with Crippen LogP contribution in [0.5, 0.6) is 0 Å². The van der Waals surface area contributed by atoms with Crippen LogP contribution in [0.2, 0.25) is 0 Å². The minimum atomic E-state index is 0.237. The van der Waals surface area contributed by atoms with E-state index in [9.17, 15) is 0 Å². The third-order valence-corrected chi connectivity index (χ3v) is 3.74. The molecule has 0 aliphatic carbocycles. The van der Waals surface area contributed by atoms with Crippen LogP contribution in [0.3, 0.4) is 0 Å². The molecule has 0 fully saturated rings. The van der Waals surface area contributed by atoms with Crippen molar-refractivity contribution in [2.24, 2.45) is 7.05 Å². The highest BCUT2D eigenvalue weighted by Gasteiger charge is 2.16. The van der Waals surface area contributed by atoms with Gasteiger partial charge in [-0.05, 0) is 39.0 Å². The van der Waals surface area contributed by atoms with Crippen molar-refractivity contribution in [1.82, 2.24) is 9.78 Å². The Morgan fingerprint density at radius 1 is 1.25 bits per heavy atom. The summed E-state index contributed by atoms with van der Waals surface area (Å²) in [6, 6.07) is 8.69. The Bertz CT molecular complexity index is 599. The van der Waals surface area contributed by atoms with Crippen molar-refractivity contribution < 1.29 is 0 Å². The van der Waals surface area contributed by atoms with Gasteiger partial charge in [0, 0.05) is 43.8 Å². The number of nitrogens with zero attached hydrogens (tertiary/aromatic N) is 3. The lowest BCUT2D eigenvalue weighted by atomic mass is 10.1. The van der Waals surface area contributed by atoms with Gasteiger partial charge in [-0.25, -0.2) is 0 Å². The number of benzene rings is 1. The molecular formula is C16H24N4. The van der Waals surface area contributed by atoms with E-state index in [0.29, 0.717) is 0 Å². The fourth-order valence-electron chi connectivity index (χ4n) is 2.61. The molecule has 0 saturated carbocycles. The van der Waals surface area contributed by atoms with E-state index in [2.05, 4.69) is 74.4 Å². The van der Waals surface area contributed by atoms with E-state index in [1.807, 2.05) is 11.7 Å². The normalized spacial score (nSPS) is 12.3. The molecule has 0 radical (unpaired) electrons. The number of rotatable bonds is 4. The average Bonchev–Trinajstić information content (AvgIpc) is 2.63. The quantitative estimate of drug-likeness (QED) is 0.927. The third-order valence-electron chi connectivity index (χ3n) is 3.74. The van der Waals surface area contributed by atoms with E-state index < -0.39 is 0 Å². The third kappa shape index (κ3) is 2.79. The summed E-state index contributed by atoms with van der Waals surface area (Å²) in [5, 5.41) is 8.06. The molecule has 1 N–H and O–H groups in total. The molecule has 108 valence electrons. The Kier molecular flexibility index (Phi) is 4.02. The van der Waals surface area contributed by atoms with Crippen LogP contribution in [0.15, 0.2) is 24.3 Å². The highest BCUT2D eigenvalue weighted by molar-refractivity contribution is 5.58. The molecule has 0 spiro atoms. The minimum absolute atomic E-state index is 0.237. The van der Waals surface area contributed by atoms with E-state index in [0.717, 1.165) is 11.4 Å². The lowest BCUT2D eigenvalue weighted by Crippen LogP contribution is -2.11. The SMILES string of the molecule is Cc1nn(C)c(C)c1C(C)Nc1cccc(N(C)C)c1. The lowest BCUT2D eigenvalue weighted by Gasteiger charge is -2.19. The first-order chi connectivity index (χ1) is 9.40. The summed E-state index contributed by atoms with van der Waals surface area (Å²) in [5.41, 5.74) is 5.91. The highest BCUT2D eigenvalue weighted by atomic mass is 15.3. The van der Waals surface area contributed by atoms with Gasteiger partial charge in [-0.2, -0.15) is 5.10 Å². The zero-order chi connectivity index (χ0) is 14.9. The fourth-order valence-corrected chi connectivity index (χ4v) is 2.61. The Hall–Kier alpha value is -1.97. The smallest absolute Gasteiger partial charge is 0.0649 e. The van der Waals surface area contributed by atoms with Crippen LogP contribution < -0.4 is 10.2 Å².